The van der Waals surface area contributed by atoms with Crippen molar-refractivity contribution >= 4 is 47.8 Å². The van der Waals surface area contributed by atoms with Crippen molar-refractivity contribution < 1.29 is 72.6 Å². The summed E-state index contributed by atoms with van der Waals surface area (Å²) < 4.78 is 21.0. The molecule has 0 fully saturated rings. The summed E-state index contributed by atoms with van der Waals surface area (Å²) in [6.07, 6.45) is 10.4. The molecule has 0 rings (SSSR count). The normalized spacial score (nSPS) is 11.9. The van der Waals surface area contributed by atoms with E-state index in [2.05, 4.69) is 21.3 Å². The number of carboxylic acids is 3. The van der Waals surface area contributed by atoms with Crippen LogP contribution in [0.3, 0.4) is 0 Å². The first kappa shape index (κ1) is 50.8. The average molecular weight is 791 g/mol. The summed E-state index contributed by atoms with van der Waals surface area (Å²) in [6, 6.07) is -2.33. The van der Waals surface area contributed by atoms with Gasteiger partial charge in [-0.3, -0.25) is 24.0 Å². The van der Waals surface area contributed by atoms with Crippen molar-refractivity contribution in [2.45, 2.75) is 115 Å². The quantitative estimate of drug-likeness (QED) is 0.0337. The number of aliphatic carboxylic acids is 3. The van der Waals surface area contributed by atoms with Crippen molar-refractivity contribution in [2.24, 2.45) is 0 Å². The van der Waals surface area contributed by atoms with Gasteiger partial charge in [-0.2, -0.15) is 0 Å². The maximum Gasteiger partial charge on any atom is 0.326 e. The van der Waals surface area contributed by atoms with Crippen LogP contribution in [0.2, 0.25) is 0 Å². The zero-order valence-electron chi connectivity index (χ0n) is 31.9. The molecule has 4 amide bonds. The third-order valence-electron chi connectivity index (χ3n) is 7.89. The van der Waals surface area contributed by atoms with E-state index in [-0.39, 0.29) is 122 Å². The molecule has 0 heterocycles. The predicted octanol–water partition coefficient (Wildman–Crippen LogP) is 0.949. The van der Waals surface area contributed by atoms with E-state index in [1.54, 1.807) is 0 Å². The van der Waals surface area contributed by atoms with E-state index < -0.39 is 35.9 Å². The van der Waals surface area contributed by atoms with Gasteiger partial charge in [-0.15, -0.1) is 0 Å². The minimum absolute atomic E-state index is 0.00611. The Hall–Kier alpha value is -4.20. The van der Waals surface area contributed by atoms with Gasteiger partial charge in [0, 0.05) is 38.8 Å². The van der Waals surface area contributed by atoms with Crippen molar-refractivity contribution in [3.05, 3.63) is 0 Å². The lowest BCUT2D eigenvalue weighted by molar-refractivity contribution is -0.143. The fraction of sp³-hybridized carbons (Fsp3) is 0.778. The molecule has 0 aromatic carbocycles. The topological polar surface area (TPSA) is 282 Å². The Morgan fingerprint density at radius 3 is 1.42 bits per heavy atom. The van der Waals surface area contributed by atoms with Crippen molar-refractivity contribution in [3.8, 4) is 0 Å². The van der Waals surface area contributed by atoms with Gasteiger partial charge in [0.25, 0.3) is 0 Å². The van der Waals surface area contributed by atoms with Crippen molar-refractivity contribution in [3.63, 3.8) is 0 Å². The van der Waals surface area contributed by atoms with Crippen LogP contribution in [0, 0.1) is 0 Å². The standard InChI is InChI=1S/C36H62N4O15/c41-19-11-12-28(35(48)49)40-33(45)27-55-25-23-53-21-18-38-32(44)26-54-24-22-52-20-17-37-30(42)16-15-29(36(50)51)39-31(43)13-9-7-5-3-1-2-4-6-8-10-14-34(46)47/h19,28-29H,1-18,20-27H2,(H,37,42)(H,38,44)(H,39,43)(H,40,45)(H,46,47)(H,48,49)(H,50,51)/t28-,29-/m0/s1. The molecule has 19 nitrogen and oxygen atoms in total. The van der Waals surface area contributed by atoms with Crippen LogP contribution in [0.4, 0.5) is 0 Å². The molecule has 0 aliphatic rings. The highest BCUT2D eigenvalue weighted by molar-refractivity contribution is 5.85. The minimum atomic E-state index is -1.24. The summed E-state index contributed by atoms with van der Waals surface area (Å²) in [7, 11) is 0. The van der Waals surface area contributed by atoms with Gasteiger partial charge >= 0.3 is 17.9 Å². The van der Waals surface area contributed by atoms with Gasteiger partial charge in [-0.05, 0) is 25.7 Å². The first-order valence-electron chi connectivity index (χ1n) is 19.0. The van der Waals surface area contributed by atoms with E-state index >= 15 is 0 Å². The zero-order valence-corrected chi connectivity index (χ0v) is 31.9. The number of carboxylic acid groups (broad SMARTS) is 3. The molecule has 0 aromatic rings. The largest absolute Gasteiger partial charge is 0.481 e. The van der Waals surface area contributed by atoms with Gasteiger partial charge in [0.2, 0.25) is 23.6 Å². The molecule has 2 atom stereocenters. The number of hydrogen-bond acceptors (Lipinski definition) is 12. The molecule has 0 aliphatic heterocycles. The lowest BCUT2D eigenvalue weighted by Crippen LogP contribution is -2.42. The number of amides is 4. The number of unbranched alkanes of at least 4 members (excludes halogenated alkanes) is 9. The SMILES string of the molecule is O=CCC[C@H](NC(=O)COCCOCCNC(=O)COCCOCCNC(=O)CC[C@H](NC(=O)CCCCCCCCCCCCC(=O)O)C(=O)O)C(=O)O. The van der Waals surface area contributed by atoms with Crippen molar-refractivity contribution in [1.82, 2.24) is 21.3 Å². The molecule has 0 radical (unpaired) electrons. The number of aldehydes is 1. The lowest BCUT2D eigenvalue weighted by atomic mass is 10.0. The summed E-state index contributed by atoms with van der Waals surface area (Å²) in [6.45, 7) is 0.670. The van der Waals surface area contributed by atoms with E-state index in [4.69, 9.17) is 29.2 Å². The van der Waals surface area contributed by atoms with E-state index in [9.17, 15) is 43.5 Å². The van der Waals surface area contributed by atoms with E-state index in [0.29, 0.717) is 12.7 Å². The molecule has 55 heavy (non-hydrogen) atoms. The molecule has 0 saturated heterocycles. The molecule has 0 aromatic heterocycles. The predicted molar refractivity (Wildman–Crippen MR) is 196 cm³/mol. The highest BCUT2D eigenvalue weighted by atomic mass is 16.5. The second kappa shape index (κ2) is 35.5. The summed E-state index contributed by atoms with van der Waals surface area (Å²) in [5.74, 6) is -4.95. The summed E-state index contributed by atoms with van der Waals surface area (Å²) in [5, 5.41) is 37.1. The Balaban J connectivity index is 3.74. The van der Waals surface area contributed by atoms with Gasteiger partial charge in [-0.1, -0.05) is 51.4 Å². The Morgan fingerprint density at radius 2 is 0.909 bits per heavy atom. The Bertz CT molecular complexity index is 1120. The molecular formula is C36H62N4O15. The molecule has 0 spiro atoms. The van der Waals surface area contributed by atoms with Crippen molar-refractivity contribution in [2.75, 3.05) is 65.9 Å². The zero-order chi connectivity index (χ0) is 40.9. The van der Waals surface area contributed by atoms with Crippen LogP contribution in [-0.2, 0) is 57.3 Å². The highest BCUT2D eigenvalue weighted by Crippen LogP contribution is 2.12. The van der Waals surface area contributed by atoms with Crippen LogP contribution in [-0.4, -0.2) is 141 Å². The minimum Gasteiger partial charge on any atom is -0.481 e. The second-order valence-corrected chi connectivity index (χ2v) is 12.7. The molecule has 7 N–H and O–H groups in total. The van der Waals surface area contributed by atoms with Gasteiger partial charge < -0.3 is 60.3 Å². The Morgan fingerprint density at radius 1 is 0.473 bits per heavy atom. The molecule has 316 valence electrons. The fourth-order valence-electron chi connectivity index (χ4n) is 4.94. The molecule has 0 saturated carbocycles. The van der Waals surface area contributed by atoms with Crippen LogP contribution in [0.25, 0.3) is 0 Å². The van der Waals surface area contributed by atoms with E-state index in [1.165, 1.54) is 0 Å². The van der Waals surface area contributed by atoms with Crippen molar-refractivity contribution in [1.29, 1.82) is 0 Å². The van der Waals surface area contributed by atoms with Crippen LogP contribution >= 0.6 is 0 Å². The van der Waals surface area contributed by atoms with E-state index in [1.807, 2.05) is 0 Å². The van der Waals surface area contributed by atoms with E-state index in [0.717, 1.165) is 57.8 Å². The van der Waals surface area contributed by atoms with Crippen LogP contribution in [0.15, 0.2) is 0 Å². The second-order valence-electron chi connectivity index (χ2n) is 12.7. The number of rotatable bonds is 39. The Kier molecular flexibility index (Phi) is 32.8. The third-order valence-corrected chi connectivity index (χ3v) is 7.89. The molecule has 19 heteroatoms. The lowest BCUT2D eigenvalue weighted by Gasteiger charge is -2.14. The molecule has 0 bridgehead atoms. The Labute approximate surface area is 322 Å². The first-order valence-corrected chi connectivity index (χ1v) is 19.0. The van der Waals surface area contributed by atoms with Gasteiger partial charge in [0.15, 0.2) is 0 Å². The number of hydrogen-bond donors (Lipinski definition) is 7. The maximum atomic E-state index is 12.2. The summed E-state index contributed by atoms with van der Waals surface area (Å²) >= 11 is 0. The maximum absolute atomic E-state index is 12.2. The van der Waals surface area contributed by atoms with Gasteiger partial charge in [0.05, 0.1) is 39.6 Å². The number of carbonyl (C=O) groups is 8. The summed E-state index contributed by atoms with van der Waals surface area (Å²) in [4.78, 5) is 91.5. The third kappa shape index (κ3) is 34.1. The number of carbonyl (C=O) groups excluding carboxylic acids is 5. The number of ether oxygens (including phenoxy) is 4. The smallest absolute Gasteiger partial charge is 0.326 e. The van der Waals surface area contributed by atoms with Gasteiger partial charge in [-0.25, -0.2) is 9.59 Å². The fourth-order valence-corrected chi connectivity index (χ4v) is 4.94. The number of nitrogens with one attached hydrogen (secondary N) is 4. The van der Waals surface area contributed by atoms with Crippen LogP contribution < -0.4 is 21.3 Å². The summed E-state index contributed by atoms with van der Waals surface area (Å²) in [5.41, 5.74) is 0. The first-order chi connectivity index (χ1) is 26.5. The average Bonchev–Trinajstić information content (AvgIpc) is 3.13. The van der Waals surface area contributed by atoms with Gasteiger partial charge in [0.1, 0.15) is 31.6 Å². The van der Waals surface area contributed by atoms with Crippen LogP contribution in [0.1, 0.15) is 103 Å². The molecular weight excluding hydrogens is 728 g/mol. The van der Waals surface area contributed by atoms with Crippen LogP contribution in [0.5, 0.6) is 0 Å². The molecule has 0 unspecified atom stereocenters. The monoisotopic (exact) mass is 790 g/mol. The molecule has 0 aliphatic carbocycles. The highest BCUT2D eigenvalue weighted by Gasteiger charge is 2.21.